The largest absolute Gasteiger partial charge is 0.369 e. The number of hydrogen-bond acceptors (Lipinski definition) is 5. The average molecular weight is 281 g/mol. The first-order valence-corrected chi connectivity index (χ1v) is 6.56. The predicted molar refractivity (Wildman–Crippen MR) is 78.5 cm³/mol. The van der Waals surface area contributed by atoms with E-state index in [2.05, 4.69) is 26.7 Å². The number of carbonyl (C=O) groups is 1. The molecule has 0 aliphatic carbocycles. The first kappa shape index (κ1) is 14.5. The van der Waals surface area contributed by atoms with Gasteiger partial charge in [0.15, 0.2) is 0 Å². The quantitative estimate of drug-likeness (QED) is 0.870. The second-order valence-electron chi connectivity index (χ2n) is 4.31. The molecule has 0 unspecified atom stereocenters. The molecule has 0 bridgehead atoms. The van der Waals surface area contributed by atoms with Gasteiger partial charge in [0.05, 0.1) is 24.0 Å². The van der Waals surface area contributed by atoms with Crippen molar-refractivity contribution >= 4 is 11.7 Å². The van der Waals surface area contributed by atoms with Crippen LogP contribution in [0.2, 0.25) is 0 Å². The fourth-order valence-corrected chi connectivity index (χ4v) is 1.77. The number of aromatic nitrogens is 2. The Morgan fingerprint density at radius 3 is 3.00 bits per heavy atom. The van der Waals surface area contributed by atoms with Crippen molar-refractivity contribution in [3.05, 3.63) is 53.5 Å². The molecule has 1 aromatic heterocycles. The molecule has 0 radical (unpaired) electrons. The number of nitrogens with one attached hydrogen (secondary N) is 2. The molecule has 1 aromatic carbocycles. The molecule has 0 saturated carbocycles. The van der Waals surface area contributed by atoms with Crippen molar-refractivity contribution in [1.29, 1.82) is 5.26 Å². The molecule has 1 heterocycles. The maximum absolute atomic E-state index is 12.0. The highest BCUT2D eigenvalue weighted by Gasteiger charge is 2.08. The van der Waals surface area contributed by atoms with Crippen molar-refractivity contribution in [2.24, 2.45) is 0 Å². The Morgan fingerprint density at radius 2 is 2.24 bits per heavy atom. The molecule has 0 aliphatic heterocycles. The molecular weight excluding hydrogens is 266 g/mol. The van der Waals surface area contributed by atoms with Gasteiger partial charge in [-0.3, -0.25) is 9.78 Å². The van der Waals surface area contributed by atoms with E-state index >= 15 is 0 Å². The first-order valence-electron chi connectivity index (χ1n) is 6.56. The molecule has 0 fully saturated rings. The van der Waals surface area contributed by atoms with Gasteiger partial charge in [-0.15, -0.1) is 0 Å². The van der Waals surface area contributed by atoms with Crippen LogP contribution in [0, 0.1) is 11.3 Å². The molecule has 0 aliphatic rings. The molecule has 0 saturated heterocycles. The van der Waals surface area contributed by atoms with E-state index in [4.69, 9.17) is 5.26 Å². The lowest BCUT2D eigenvalue weighted by atomic mass is 10.1. The van der Waals surface area contributed by atoms with E-state index < -0.39 is 0 Å². The van der Waals surface area contributed by atoms with E-state index in [0.717, 1.165) is 5.56 Å². The van der Waals surface area contributed by atoms with Crippen LogP contribution in [0.5, 0.6) is 0 Å². The van der Waals surface area contributed by atoms with Gasteiger partial charge in [-0.05, 0) is 24.6 Å². The SMILES string of the molecule is CCNc1cncc(C(=O)NCc2cccc(C#N)c2)n1. The number of amides is 1. The predicted octanol–water partition coefficient (Wildman–Crippen LogP) is 1.71. The fourth-order valence-electron chi connectivity index (χ4n) is 1.77. The number of benzene rings is 1. The van der Waals surface area contributed by atoms with E-state index in [9.17, 15) is 4.79 Å². The van der Waals surface area contributed by atoms with Crippen molar-refractivity contribution in [2.45, 2.75) is 13.5 Å². The van der Waals surface area contributed by atoms with E-state index in [1.165, 1.54) is 6.20 Å². The number of hydrogen-bond donors (Lipinski definition) is 2. The molecule has 2 rings (SSSR count). The molecule has 0 spiro atoms. The van der Waals surface area contributed by atoms with Crippen LogP contribution in [0.1, 0.15) is 28.5 Å². The maximum atomic E-state index is 12.0. The van der Waals surface area contributed by atoms with Gasteiger partial charge in [0.25, 0.3) is 5.91 Å². The molecule has 6 nitrogen and oxygen atoms in total. The number of nitrogens with zero attached hydrogens (tertiary/aromatic N) is 3. The third-order valence-electron chi connectivity index (χ3n) is 2.73. The highest BCUT2D eigenvalue weighted by molar-refractivity contribution is 5.92. The minimum Gasteiger partial charge on any atom is -0.369 e. The van der Waals surface area contributed by atoms with Gasteiger partial charge in [0.1, 0.15) is 11.5 Å². The summed E-state index contributed by atoms with van der Waals surface area (Å²) in [6.07, 6.45) is 2.98. The molecule has 2 N–H and O–H groups in total. The van der Waals surface area contributed by atoms with Gasteiger partial charge < -0.3 is 10.6 Å². The molecular formula is C15H15N5O. The van der Waals surface area contributed by atoms with Gasteiger partial charge in [-0.2, -0.15) is 5.26 Å². The third-order valence-corrected chi connectivity index (χ3v) is 2.73. The van der Waals surface area contributed by atoms with Crippen LogP contribution in [0.15, 0.2) is 36.7 Å². The number of rotatable bonds is 5. The monoisotopic (exact) mass is 281 g/mol. The van der Waals surface area contributed by atoms with Crippen LogP contribution in [-0.2, 0) is 6.54 Å². The van der Waals surface area contributed by atoms with Crippen LogP contribution in [0.3, 0.4) is 0 Å². The van der Waals surface area contributed by atoms with E-state index in [0.29, 0.717) is 24.5 Å². The molecule has 1 amide bonds. The minimum atomic E-state index is -0.301. The summed E-state index contributed by atoms with van der Waals surface area (Å²) in [6.45, 7) is 2.98. The van der Waals surface area contributed by atoms with Crippen LogP contribution >= 0.6 is 0 Å². The Bertz CT molecular complexity index is 678. The zero-order valence-corrected chi connectivity index (χ0v) is 11.6. The topological polar surface area (TPSA) is 90.7 Å². The lowest BCUT2D eigenvalue weighted by molar-refractivity contribution is 0.0945. The summed E-state index contributed by atoms with van der Waals surface area (Å²) in [5.74, 6) is 0.265. The van der Waals surface area contributed by atoms with Crippen LogP contribution < -0.4 is 10.6 Å². The molecule has 2 aromatic rings. The zero-order valence-electron chi connectivity index (χ0n) is 11.6. The Morgan fingerprint density at radius 1 is 1.38 bits per heavy atom. The highest BCUT2D eigenvalue weighted by Crippen LogP contribution is 2.05. The minimum absolute atomic E-state index is 0.255. The smallest absolute Gasteiger partial charge is 0.271 e. The van der Waals surface area contributed by atoms with E-state index in [-0.39, 0.29) is 11.6 Å². The molecule has 0 atom stereocenters. The van der Waals surface area contributed by atoms with Crippen molar-refractivity contribution in [3.63, 3.8) is 0 Å². The Hall–Kier alpha value is -2.94. The zero-order chi connectivity index (χ0) is 15.1. The van der Waals surface area contributed by atoms with Gasteiger partial charge in [-0.25, -0.2) is 4.98 Å². The van der Waals surface area contributed by atoms with Gasteiger partial charge in [0, 0.05) is 13.1 Å². The molecule has 106 valence electrons. The summed E-state index contributed by atoms with van der Waals surface area (Å²) in [4.78, 5) is 20.2. The number of carbonyl (C=O) groups excluding carboxylic acids is 1. The summed E-state index contributed by atoms with van der Waals surface area (Å²) in [5, 5.41) is 14.6. The fraction of sp³-hybridized carbons (Fsp3) is 0.200. The van der Waals surface area contributed by atoms with Crippen molar-refractivity contribution < 1.29 is 4.79 Å². The summed E-state index contributed by atoms with van der Waals surface area (Å²) < 4.78 is 0. The first-order chi connectivity index (χ1) is 10.2. The van der Waals surface area contributed by atoms with Crippen molar-refractivity contribution in [2.75, 3.05) is 11.9 Å². The third kappa shape index (κ3) is 4.01. The Labute approximate surface area is 122 Å². The van der Waals surface area contributed by atoms with Crippen LogP contribution in [0.25, 0.3) is 0 Å². The lowest BCUT2D eigenvalue weighted by Gasteiger charge is -2.06. The molecule has 21 heavy (non-hydrogen) atoms. The van der Waals surface area contributed by atoms with Gasteiger partial charge in [0.2, 0.25) is 0 Å². The summed E-state index contributed by atoms with van der Waals surface area (Å²) in [6, 6.07) is 9.15. The van der Waals surface area contributed by atoms with Crippen molar-refractivity contribution in [1.82, 2.24) is 15.3 Å². The van der Waals surface area contributed by atoms with Gasteiger partial charge >= 0.3 is 0 Å². The van der Waals surface area contributed by atoms with Crippen molar-refractivity contribution in [3.8, 4) is 6.07 Å². The normalized spacial score (nSPS) is 9.71. The molecule has 6 heteroatoms. The lowest BCUT2D eigenvalue weighted by Crippen LogP contribution is -2.24. The van der Waals surface area contributed by atoms with Crippen LogP contribution in [0.4, 0.5) is 5.82 Å². The number of anilines is 1. The average Bonchev–Trinajstić information content (AvgIpc) is 2.53. The summed E-state index contributed by atoms with van der Waals surface area (Å²) >= 11 is 0. The van der Waals surface area contributed by atoms with E-state index in [1.807, 2.05) is 13.0 Å². The van der Waals surface area contributed by atoms with E-state index in [1.54, 1.807) is 24.4 Å². The standard InChI is InChI=1S/C15H15N5O/c1-2-18-14-10-17-9-13(20-14)15(21)19-8-12-5-3-4-11(6-12)7-16/h3-6,9-10H,2,8H2,1H3,(H,18,20)(H,19,21). The van der Waals surface area contributed by atoms with Crippen LogP contribution in [-0.4, -0.2) is 22.4 Å². The second kappa shape index (κ2) is 7.01. The summed E-state index contributed by atoms with van der Waals surface area (Å²) in [5.41, 5.74) is 1.68. The highest BCUT2D eigenvalue weighted by atomic mass is 16.1. The summed E-state index contributed by atoms with van der Waals surface area (Å²) in [7, 11) is 0. The second-order valence-corrected chi connectivity index (χ2v) is 4.31. The number of nitriles is 1. The Kier molecular flexibility index (Phi) is 4.83. The maximum Gasteiger partial charge on any atom is 0.271 e. The Balaban J connectivity index is 2.01. The van der Waals surface area contributed by atoms with Gasteiger partial charge in [-0.1, -0.05) is 12.1 Å².